The SMILES string of the molecule is COC(=O)COc1cccc(C=NNC(C)=O)c1. The van der Waals surface area contributed by atoms with Crippen LogP contribution in [0.1, 0.15) is 12.5 Å². The minimum Gasteiger partial charge on any atom is -0.482 e. The lowest BCUT2D eigenvalue weighted by molar-refractivity contribution is -0.142. The maximum Gasteiger partial charge on any atom is 0.343 e. The molecule has 0 unspecified atom stereocenters. The molecule has 1 aromatic carbocycles. The second-order valence-electron chi connectivity index (χ2n) is 3.36. The van der Waals surface area contributed by atoms with Crippen LogP contribution in [-0.4, -0.2) is 31.8 Å². The Morgan fingerprint density at radius 3 is 2.89 bits per heavy atom. The summed E-state index contributed by atoms with van der Waals surface area (Å²) in [5.41, 5.74) is 3.03. The Balaban J connectivity index is 2.59. The normalized spacial score (nSPS) is 10.1. The predicted molar refractivity (Wildman–Crippen MR) is 65.4 cm³/mol. The van der Waals surface area contributed by atoms with Crippen LogP contribution in [-0.2, 0) is 14.3 Å². The van der Waals surface area contributed by atoms with Gasteiger partial charge in [-0.05, 0) is 17.7 Å². The lowest BCUT2D eigenvalue weighted by atomic mass is 10.2. The molecule has 18 heavy (non-hydrogen) atoms. The molecule has 0 radical (unpaired) electrons. The van der Waals surface area contributed by atoms with E-state index >= 15 is 0 Å². The topological polar surface area (TPSA) is 77.0 Å². The molecule has 0 saturated carbocycles. The molecule has 0 aliphatic heterocycles. The van der Waals surface area contributed by atoms with Crippen LogP contribution in [0.2, 0.25) is 0 Å². The van der Waals surface area contributed by atoms with Crippen molar-refractivity contribution in [3.8, 4) is 5.75 Å². The lowest BCUT2D eigenvalue weighted by Gasteiger charge is -2.04. The molecule has 0 aliphatic carbocycles. The van der Waals surface area contributed by atoms with E-state index in [-0.39, 0.29) is 12.5 Å². The first-order valence-corrected chi connectivity index (χ1v) is 5.21. The molecule has 1 rings (SSSR count). The summed E-state index contributed by atoms with van der Waals surface area (Å²) < 4.78 is 9.66. The van der Waals surface area contributed by atoms with Gasteiger partial charge in [-0.1, -0.05) is 12.1 Å². The van der Waals surface area contributed by atoms with Gasteiger partial charge in [0.25, 0.3) is 0 Å². The monoisotopic (exact) mass is 250 g/mol. The Bertz CT molecular complexity index is 457. The fraction of sp³-hybridized carbons (Fsp3) is 0.250. The number of benzene rings is 1. The van der Waals surface area contributed by atoms with Gasteiger partial charge in [0, 0.05) is 6.92 Å². The number of nitrogens with one attached hydrogen (secondary N) is 1. The molecular formula is C12H14N2O4. The van der Waals surface area contributed by atoms with Gasteiger partial charge in [0.1, 0.15) is 5.75 Å². The third-order valence-electron chi connectivity index (χ3n) is 1.88. The lowest BCUT2D eigenvalue weighted by Crippen LogP contribution is -2.13. The third kappa shape index (κ3) is 5.11. The molecule has 0 saturated heterocycles. The van der Waals surface area contributed by atoms with Gasteiger partial charge in [-0.2, -0.15) is 5.10 Å². The van der Waals surface area contributed by atoms with Gasteiger partial charge in [-0.3, -0.25) is 4.79 Å². The average molecular weight is 250 g/mol. The van der Waals surface area contributed by atoms with Gasteiger partial charge in [0.15, 0.2) is 6.61 Å². The Morgan fingerprint density at radius 1 is 1.44 bits per heavy atom. The number of amides is 1. The van der Waals surface area contributed by atoms with Crippen LogP contribution < -0.4 is 10.2 Å². The van der Waals surface area contributed by atoms with Crippen LogP contribution in [0.15, 0.2) is 29.4 Å². The van der Waals surface area contributed by atoms with Crippen molar-refractivity contribution in [2.24, 2.45) is 5.10 Å². The predicted octanol–water partition coefficient (Wildman–Crippen LogP) is 0.708. The number of hydrogen-bond acceptors (Lipinski definition) is 5. The van der Waals surface area contributed by atoms with Crippen LogP contribution in [0.25, 0.3) is 0 Å². The van der Waals surface area contributed by atoms with Crippen molar-refractivity contribution in [3.05, 3.63) is 29.8 Å². The van der Waals surface area contributed by atoms with Crippen molar-refractivity contribution in [1.82, 2.24) is 5.43 Å². The second kappa shape index (κ2) is 7.05. The third-order valence-corrected chi connectivity index (χ3v) is 1.88. The van der Waals surface area contributed by atoms with Crippen molar-refractivity contribution in [3.63, 3.8) is 0 Å². The minimum absolute atomic E-state index is 0.150. The minimum atomic E-state index is -0.452. The Kier molecular flexibility index (Phi) is 5.37. The summed E-state index contributed by atoms with van der Waals surface area (Å²) in [7, 11) is 1.29. The van der Waals surface area contributed by atoms with E-state index in [9.17, 15) is 9.59 Å². The first kappa shape index (κ1) is 13.7. The number of rotatable bonds is 5. The fourth-order valence-electron chi connectivity index (χ4n) is 1.08. The van der Waals surface area contributed by atoms with Crippen molar-refractivity contribution < 1.29 is 19.1 Å². The molecular weight excluding hydrogens is 236 g/mol. The average Bonchev–Trinajstić information content (AvgIpc) is 2.36. The molecule has 0 aliphatic rings. The number of carbonyl (C=O) groups excluding carboxylic acids is 2. The second-order valence-corrected chi connectivity index (χ2v) is 3.36. The number of hydrazone groups is 1. The van der Waals surface area contributed by atoms with E-state index in [1.807, 2.05) is 0 Å². The van der Waals surface area contributed by atoms with Crippen LogP contribution in [0.4, 0.5) is 0 Å². The Hall–Kier alpha value is -2.37. The van der Waals surface area contributed by atoms with E-state index in [0.717, 1.165) is 5.56 Å². The molecule has 0 atom stereocenters. The maximum atomic E-state index is 10.9. The van der Waals surface area contributed by atoms with Gasteiger partial charge in [-0.15, -0.1) is 0 Å². The molecule has 0 spiro atoms. The first-order valence-electron chi connectivity index (χ1n) is 5.21. The molecule has 0 fully saturated rings. The summed E-state index contributed by atoms with van der Waals surface area (Å²) in [4.78, 5) is 21.5. The van der Waals surface area contributed by atoms with Crippen LogP contribution in [0.5, 0.6) is 5.75 Å². The Labute approximate surface area is 105 Å². The van der Waals surface area contributed by atoms with Crippen molar-refractivity contribution in [1.29, 1.82) is 0 Å². The fourth-order valence-corrected chi connectivity index (χ4v) is 1.08. The number of nitrogens with zero attached hydrogens (tertiary/aromatic N) is 1. The molecule has 0 bridgehead atoms. The number of carbonyl (C=O) groups is 2. The zero-order chi connectivity index (χ0) is 13.4. The van der Waals surface area contributed by atoms with Crippen LogP contribution in [0, 0.1) is 0 Å². The van der Waals surface area contributed by atoms with Gasteiger partial charge in [-0.25, -0.2) is 10.2 Å². The summed E-state index contributed by atoms with van der Waals surface area (Å²) >= 11 is 0. The molecule has 96 valence electrons. The standard InChI is InChI=1S/C12H14N2O4/c1-9(15)14-13-7-10-4-3-5-11(6-10)18-8-12(16)17-2/h3-7H,8H2,1-2H3,(H,14,15). The van der Waals surface area contributed by atoms with Crippen LogP contribution >= 0.6 is 0 Å². The quantitative estimate of drug-likeness (QED) is 0.474. The highest BCUT2D eigenvalue weighted by Gasteiger charge is 2.01. The van der Waals surface area contributed by atoms with E-state index in [0.29, 0.717) is 5.75 Å². The van der Waals surface area contributed by atoms with Gasteiger partial charge < -0.3 is 9.47 Å². The van der Waals surface area contributed by atoms with E-state index in [2.05, 4.69) is 15.3 Å². The summed E-state index contributed by atoms with van der Waals surface area (Å²) in [5.74, 6) is -0.177. The number of methoxy groups -OCH3 is 1. The van der Waals surface area contributed by atoms with Crippen molar-refractivity contribution in [2.75, 3.05) is 13.7 Å². The zero-order valence-electron chi connectivity index (χ0n) is 10.2. The largest absolute Gasteiger partial charge is 0.482 e. The zero-order valence-corrected chi connectivity index (χ0v) is 10.2. The van der Waals surface area contributed by atoms with Gasteiger partial charge in [0.2, 0.25) is 5.91 Å². The molecule has 0 aromatic heterocycles. The highest BCUT2D eigenvalue weighted by molar-refractivity contribution is 5.82. The molecule has 1 amide bonds. The summed E-state index contributed by atoms with van der Waals surface area (Å²) in [6.07, 6.45) is 1.48. The maximum absolute atomic E-state index is 10.9. The van der Waals surface area contributed by atoms with Crippen molar-refractivity contribution in [2.45, 2.75) is 6.92 Å². The van der Waals surface area contributed by atoms with E-state index in [1.165, 1.54) is 20.2 Å². The molecule has 1 aromatic rings. The first-order chi connectivity index (χ1) is 8.61. The van der Waals surface area contributed by atoms with Crippen molar-refractivity contribution >= 4 is 18.1 Å². The van der Waals surface area contributed by atoms with E-state index < -0.39 is 5.97 Å². The van der Waals surface area contributed by atoms with Gasteiger partial charge in [0.05, 0.1) is 13.3 Å². The van der Waals surface area contributed by atoms with E-state index in [1.54, 1.807) is 24.3 Å². The highest BCUT2D eigenvalue weighted by atomic mass is 16.6. The molecule has 6 nitrogen and oxygen atoms in total. The summed E-state index contributed by atoms with van der Waals surface area (Å²) in [6, 6.07) is 6.94. The molecule has 6 heteroatoms. The smallest absolute Gasteiger partial charge is 0.343 e. The van der Waals surface area contributed by atoms with Crippen LogP contribution in [0.3, 0.4) is 0 Å². The highest BCUT2D eigenvalue weighted by Crippen LogP contribution is 2.11. The Morgan fingerprint density at radius 2 is 2.22 bits per heavy atom. The number of esters is 1. The number of hydrogen-bond donors (Lipinski definition) is 1. The van der Waals surface area contributed by atoms with E-state index in [4.69, 9.17) is 4.74 Å². The van der Waals surface area contributed by atoms with Gasteiger partial charge >= 0.3 is 5.97 Å². The molecule has 1 N–H and O–H groups in total. The number of ether oxygens (including phenoxy) is 2. The molecule has 0 heterocycles. The summed E-state index contributed by atoms with van der Waals surface area (Å²) in [5, 5.41) is 3.72. The summed E-state index contributed by atoms with van der Waals surface area (Å²) in [6.45, 7) is 1.22.